The number of anilines is 2. The van der Waals surface area contributed by atoms with Crippen molar-refractivity contribution in [1.82, 2.24) is 25.1 Å². The lowest BCUT2D eigenvalue weighted by atomic mass is 10.1. The van der Waals surface area contributed by atoms with Crippen LogP contribution in [0, 0.1) is 0 Å². The van der Waals surface area contributed by atoms with Crippen molar-refractivity contribution in [2.75, 3.05) is 12.4 Å². The number of amides is 1. The SMILES string of the molecule is COc1cc(C(=O)NC(C)c2ccccc2)ccc1Nc1ncc(Cl)c(-c2cnn(C(C)C)c2)n1. The molecule has 0 saturated carbocycles. The van der Waals surface area contributed by atoms with E-state index in [1.165, 1.54) is 6.20 Å². The zero-order valence-electron chi connectivity index (χ0n) is 20.0. The first-order valence-electron chi connectivity index (χ1n) is 11.2. The second-order valence-corrected chi connectivity index (χ2v) is 8.75. The number of rotatable bonds is 8. The van der Waals surface area contributed by atoms with Gasteiger partial charge in [-0.25, -0.2) is 9.97 Å². The molecule has 0 aliphatic carbocycles. The Hall–Kier alpha value is -3.91. The summed E-state index contributed by atoms with van der Waals surface area (Å²) in [4.78, 5) is 21.7. The van der Waals surface area contributed by atoms with Gasteiger partial charge in [0, 0.05) is 23.4 Å². The fourth-order valence-electron chi connectivity index (χ4n) is 3.53. The third-order valence-corrected chi connectivity index (χ3v) is 5.78. The highest BCUT2D eigenvalue weighted by atomic mass is 35.5. The van der Waals surface area contributed by atoms with Gasteiger partial charge in [0.15, 0.2) is 0 Å². The third-order valence-electron chi connectivity index (χ3n) is 5.51. The van der Waals surface area contributed by atoms with Crippen LogP contribution in [0.25, 0.3) is 11.3 Å². The number of methoxy groups -OCH3 is 1. The minimum absolute atomic E-state index is 0.131. The average molecular weight is 491 g/mol. The number of carbonyl (C=O) groups excluding carboxylic acids is 1. The van der Waals surface area contributed by atoms with Crippen molar-refractivity contribution < 1.29 is 9.53 Å². The first-order valence-corrected chi connectivity index (χ1v) is 11.6. The Bertz CT molecular complexity index is 1320. The van der Waals surface area contributed by atoms with Crippen molar-refractivity contribution >= 4 is 29.1 Å². The van der Waals surface area contributed by atoms with Gasteiger partial charge in [0.1, 0.15) is 5.75 Å². The number of hydrogen-bond donors (Lipinski definition) is 2. The summed E-state index contributed by atoms with van der Waals surface area (Å²) in [5.41, 5.74) is 3.49. The lowest BCUT2D eigenvalue weighted by Crippen LogP contribution is -2.26. The van der Waals surface area contributed by atoms with Crippen LogP contribution in [0.15, 0.2) is 67.1 Å². The fourth-order valence-corrected chi connectivity index (χ4v) is 3.73. The molecule has 1 atom stereocenters. The second-order valence-electron chi connectivity index (χ2n) is 8.34. The van der Waals surface area contributed by atoms with Crippen LogP contribution in [0.2, 0.25) is 5.02 Å². The average Bonchev–Trinajstić information content (AvgIpc) is 3.36. The Morgan fingerprint density at radius 3 is 2.54 bits per heavy atom. The molecule has 4 aromatic rings. The number of nitrogens with zero attached hydrogens (tertiary/aromatic N) is 4. The molecule has 180 valence electrons. The molecule has 0 fully saturated rings. The predicted molar refractivity (Wildman–Crippen MR) is 137 cm³/mol. The molecular weight excluding hydrogens is 464 g/mol. The van der Waals surface area contributed by atoms with Gasteiger partial charge in [-0.2, -0.15) is 5.10 Å². The first-order chi connectivity index (χ1) is 16.9. The van der Waals surface area contributed by atoms with Crippen LogP contribution < -0.4 is 15.4 Å². The Morgan fingerprint density at radius 2 is 1.86 bits per heavy atom. The molecule has 0 saturated heterocycles. The van der Waals surface area contributed by atoms with Gasteiger partial charge in [0.25, 0.3) is 5.91 Å². The highest BCUT2D eigenvalue weighted by molar-refractivity contribution is 6.32. The van der Waals surface area contributed by atoms with Gasteiger partial charge in [0.2, 0.25) is 5.95 Å². The van der Waals surface area contributed by atoms with Crippen molar-refractivity contribution in [2.24, 2.45) is 0 Å². The van der Waals surface area contributed by atoms with E-state index in [2.05, 4.69) is 25.7 Å². The molecule has 0 radical (unpaired) electrons. The molecule has 2 aromatic heterocycles. The molecule has 0 aliphatic rings. The fraction of sp³-hybridized carbons (Fsp3) is 0.231. The van der Waals surface area contributed by atoms with Crippen molar-refractivity contribution in [3.05, 3.63) is 83.3 Å². The summed E-state index contributed by atoms with van der Waals surface area (Å²) < 4.78 is 7.37. The van der Waals surface area contributed by atoms with Crippen molar-refractivity contribution in [2.45, 2.75) is 32.9 Å². The Labute approximate surface area is 209 Å². The van der Waals surface area contributed by atoms with E-state index in [1.807, 2.05) is 62.0 Å². The van der Waals surface area contributed by atoms with Crippen molar-refractivity contribution in [3.8, 4) is 17.0 Å². The van der Waals surface area contributed by atoms with E-state index in [0.717, 1.165) is 11.1 Å². The van der Waals surface area contributed by atoms with Crippen LogP contribution in [0.4, 0.5) is 11.6 Å². The van der Waals surface area contributed by atoms with Crippen LogP contribution in [-0.2, 0) is 0 Å². The second kappa shape index (κ2) is 10.6. The topological polar surface area (TPSA) is 94.0 Å². The molecule has 1 unspecified atom stereocenters. The number of carbonyl (C=O) groups is 1. The zero-order valence-corrected chi connectivity index (χ0v) is 20.7. The van der Waals surface area contributed by atoms with Crippen LogP contribution in [0.1, 0.15) is 48.8 Å². The number of benzene rings is 2. The molecule has 1 amide bonds. The van der Waals surface area contributed by atoms with Gasteiger partial charge in [-0.3, -0.25) is 9.48 Å². The van der Waals surface area contributed by atoms with E-state index < -0.39 is 0 Å². The van der Waals surface area contributed by atoms with Gasteiger partial charge in [0.05, 0.1) is 41.9 Å². The van der Waals surface area contributed by atoms with Crippen molar-refractivity contribution in [3.63, 3.8) is 0 Å². The number of hydrogen-bond acceptors (Lipinski definition) is 6. The molecule has 2 N–H and O–H groups in total. The van der Waals surface area contributed by atoms with Gasteiger partial charge >= 0.3 is 0 Å². The maximum Gasteiger partial charge on any atom is 0.251 e. The first kappa shape index (κ1) is 24.2. The van der Waals surface area contributed by atoms with Crippen LogP contribution in [-0.4, -0.2) is 32.8 Å². The zero-order chi connectivity index (χ0) is 24.9. The van der Waals surface area contributed by atoms with E-state index >= 15 is 0 Å². The van der Waals surface area contributed by atoms with Gasteiger partial charge in [-0.15, -0.1) is 0 Å². The maximum atomic E-state index is 12.8. The molecule has 0 aliphatic heterocycles. The summed E-state index contributed by atoms with van der Waals surface area (Å²) in [5.74, 6) is 0.631. The van der Waals surface area contributed by atoms with Gasteiger partial charge < -0.3 is 15.4 Å². The quantitative estimate of drug-likeness (QED) is 0.323. The third kappa shape index (κ3) is 5.60. The van der Waals surface area contributed by atoms with E-state index in [0.29, 0.717) is 33.7 Å². The Kier molecular flexibility index (Phi) is 7.31. The normalized spacial score (nSPS) is 11.8. The summed E-state index contributed by atoms with van der Waals surface area (Å²) in [7, 11) is 1.54. The molecule has 9 heteroatoms. The largest absolute Gasteiger partial charge is 0.495 e. The van der Waals surface area contributed by atoms with Crippen molar-refractivity contribution in [1.29, 1.82) is 0 Å². The highest BCUT2D eigenvalue weighted by Crippen LogP contribution is 2.31. The standard InChI is InChI=1S/C26H27ClN6O2/c1-16(2)33-15-20(13-29-33)24-21(27)14-28-26(32-24)31-22-11-10-19(12-23(22)35-4)25(34)30-17(3)18-8-6-5-7-9-18/h5-17H,1-4H3,(H,30,34)(H,28,31,32). The molecule has 8 nitrogen and oxygen atoms in total. The molecule has 0 bridgehead atoms. The summed E-state index contributed by atoms with van der Waals surface area (Å²) in [6.45, 7) is 6.04. The van der Waals surface area contributed by atoms with Crippen LogP contribution >= 0.6 is 11.6 Å². The van der Waals surface area contributed by atoms with Gasteiger partial charge in [-0.1, -0.05) is 41.9 Å². The summed E-state index contributed by atoms with van der Waals surface area (Å²) >= 11 is 6.36. The molecule has 2 aromatic carbocycles. The Morgan fingerprint density at radius 1 is 1.09 bits per heavy atom. The Balaban J connectivity index is 1.53. The summed E-state index contributed by atoms with van der Waals surface area (Å²) in [6, 6.07) is 15.0. The van der Waals surface area contributed by atoms with Gasteiger partial charge in [-0.05, 0) is 44.5 Å². The molecule has 4 rings (SSSR count). The maximum absolute atomic E-state index is 12.8. The smallest absolute Gasteiger partial charge is 0.251 e. The van der Waals surface area contributed by atoms with Crippen LogP contribution in [0.3, 0.4) is 0 Å². The summed E-state index contributed by atoms with van der Waals surface area (Å²) in [5, 5.41) is 11.0. The molecule has 0 spiro atoms. The van der Waals surface area contributed by atoms with Crippen LogP contribution in [0.5, 0.6) is 5.75 Å². The minimum atomic E-state index is -0.196. The molecule has 2 heterocycles. The number of nitrogens with one attached hydrogen (secondary N) is 2. The lowest BCUT2D eigenvalue weighted by Gasteiger charge is -2.16. The van der Waals surface area contributed by atoms with E-state index in [9.17, 15) is 4.79 Å². The monoisotopic (exact) mass is 490 g/mol. The van der Waals surface area contributed by atoms with E-state index in [4.69, 9.17) is 16.3 Å². The molecule has 35 heavy (non-hydrogen) atoms. The number of halogens is 1. The van der Waals surface area contributed by atoms with E-state index in [1.54, 1.807) is 31.5 Å². The lowest BCUT2D eigenvalue weighted by molar-refractivity contribution is 0.0939. The van der Waals surface area contributed by atoms with E-state index in [-0.39, 0.29) is 18.0 Å². The predicted octanol–water partition coefficient (Wildman–Crippen LogP) is 5.82. The summed E-state index contributed by atoms with van der Waals surface area (Å²) in [6.07, 6.45) is 5.16. The highest BCUT2D eigenvalue weighted by Gasteiger charge is 2.16. The number of ether oxygens (including phenoxy) is 1. The minimum Gasteiger partial charge on any atom is -0.495 e. The molecular formula is C26H27ClN6O2. The number of aromatic nitrogens is 4.